The maximum Gasteiger partial charge on any atom is 0.360 e. The molecule has 1 aromatic carbocycles. The van der Waals surface area contributed by atoms with Gasteiger partial charge in [0.05, 0.1) is 18.3 Å². The van der Waals surface area contributed by atoms with Gasteiger partial charge in [0.15, 0.2) is 17.8 Å². The summed E-state index contributed by atoms with van der Waals surface area (Å²) in [7, 11) is 0. The first-order valence-electron chi connectivity index (χ1n) is 8.30. The van der Waals surface area contributed by atoms with E-state index < -0.39 is 5.97 Å². The van der Waals surface area contributed by atoms with Crippen LogP contribution in [0, 0.1) is 0 Å². The molecule has 0 bridgehead atoms. The van der Waals surface area contributed by atoms with Gasteiger partial charge in [0.1, 0.15) is 0 Å². The van der Waals surface area contributed by atoms with Crippen molar-refractivity contribution < 1.29 is 23.5 Å². The van der Waals surface area contributed by atoms with E-state index in [4.69, 9.17) is 13.9 Å². The number of esters is 1. The first-order chi connectivity index (χ1) is 12.2. The van der Waals surface area contributed by atoms with E-state index in [1.54, 1.807) is 31.2 Å². The first kappa shape index (κ1) is 17.2. The number of oxazole rings is 1. The Kier molecular flexibility index (Phi) is 5.45. The van der Waals surface area contributed by atoms with E-state index in [9.17, 15) is 9.59 Å². The number of carbonyl (C=O) groups excluding carboxylic acids is 2. The number of amides is 1. The summed E-state index contributed by atoms with van der Waals surface area (Å²) >= 11 is 0. The number of rotatable bonds is 6. The van der Waals surface area contributed by atoms with E-state index in [0.29, 0.717) is 17.7 Å². The molecule has 0 spiro atoms. The summed E-state index contributed by atoms with van der Waals surface area (Å²) in [6.45, 7) is 3.13. The Morgan fingerprint density at radius 2 is 2.20 bits per heavy atom. The number of hydrogen-bond donors (Lipinski definition) is 1. The minimum atomic E-state index is -0.583. The smallest absolute Gasteiger partial charge is 0.360 e. The molecule has 132 valence electrons. The molecule has 3 rings (SSSR count). The van der Waals surface area contributed by atoms with Gasteiger partial charge in [-0.25, -0.2) is 9.78 Å². The van der Waals surface area contributed by atoms with Gasteiger partial charge in [-0.2, -0.15) is 0 Å². The van der Waals surface area contributed by atoms with Crippen LogP contribution in [0.15, 0.2) is 35.1 Å². The molecule has 1 amide bonds. The highest BCUT2D eigenvalue weighted by Crippen LogP contribution is 2.27. The molecule has 2 heterocycles. The van der Waals surface area contributed by atoms with E-state index in [1.807, 2.05) is 0 Å². The van der Waals surface area contributed by atoms with Crippen LogP contribution in [0.5, 0.6) is 0 Å². The van der Waals surface area contributed by atoms with Crippen molar-refractivity contribution in [2.75, 3.05) is 19.8 Å². The molecule has 1 saturated heterocycles. The highest BCUT2D eigenvalue weighted by Gasteiger charge is 2.24. The zero-order valence-electron chi connectivity index (χ0n) is 14.0. The van der Waals surface area contributed by atoms with Crippen LogP contribution < -0.4 is 5.32 Å². The fraction of sp³-hybridized carbons (Fsp3) is 0.389. The van der Waals surface area contributed by atoms with Crippen LogP contribution in [0.3, 0.4) is 0 Å². The van der Waals surface area contributed by atoms with Crippen molar-refractivity contribution in [1.29, 1.82) is 0 Å². The lowest BCUT2D eigenvalue weighted by Gasteiger charge is -2.12. The number of carbonyl (C=O) groups is 2. The summed E-state index contributed by atoms with van der Waals surface area (Å²) < 4.78 is 15.9. The monoisotopic (exact) mass is 344 g/mol. The molecule has 0 saturated carbocycles. The summed E-state index contributed by atoms with van der Waals surface area (Å²) in [6, 6.07) is 6.91. The third-order valence-corrected chi connectivity index (χ3v) is 3.97. The Morgan fingerprint density at radius 3 is 2.96 bits per heavy atom. The Balaban J connectivity index is 1.82. The third kappa shape index (κ3) is 3.88. The van der Waals surface area contributed by atoms with Crippen LogP contribution in [0.4, 0.5) is 0 Å². The molecule has 1 aromatic heterocycles. The molecule has 1 atom stereocenters. The van der Waals surface area contributed by atoms with Gasteiger partial charge in [0.25, 0.3) is 5.91 Å². The van der Waals surface area contributed by atoms with Crippen molar-refractivity contribution in [2.24, 2.45) is 0 Å². The second-order valence-corrected chi connectivity index (χ2v) is 5.64. The Bertz CT molecular complexity index is 749. The molecule has 1 aliphatic heterocycles. The summed E-state index contributed by atoms with van der Waals surface area (Å²) in [6.07, 6.45) is 3.18. The molecule has 25 heavy (non-hydrogen) atoms. The number of hydrogen-bond acceptors (Lipinski definition) is 6. The van der Waals surface area contributed by atoms with E-state index in [1.165, 1.54) is 6.39 Å². The largest absolute Gasteiger partial charge is 0.461 e. The molecule has 1 fully saturated rings. The highest BCUT2D eigenvalue weighted by molar-refractivity contribution is 6.03. The van der Waals surface area contributed by atoms with Gasteiger partial charge in [0, 0.05) is 18.7 Å². The maximum atomic E-state index is 12.6. The summed E-state index contributed by atoms with van der Waals surface area (Å²) in [5.74, 6) is -0.612. The maximum absolute atomic E-state index is 12.6. The van der Waals surface area contributed by atoms with Gasteiger partial charge in [-0.1, -0.05) is 18.2 Å². The molecule has 1 N–H and O–H groups in total. The molecule has 1 aliphatic rings. The van der Waals surface area contributed by atoms with Crippen LogP contribution in [-0.2, 0) is 9.47 Å². The lowest BCUT2D eigenvalue weighted by molar-refractivity contribution is 0.0520. The summed E-state index contributed by atoms with van der Waals surface area (Å²) in [5.41, 5.74) is 0.955. The van der Waals surface area contributed by atoms with E-state index >= 15 is 0 Å². The summed E-state index contributed by atoms with van der Waals surface area (Å²) in [5, 5.41) is 2.87. The molecule has 1 unspecified atom stereocenters. The molecule has 0 radical (unpaired) electrons. The van der Waals surface area contributed by atoms with Crippen molar-refractivity contribution in [3.63, 3.8) is 0 Å². The molecule has 2 aromatic rings. The number of nitrogens with zero attached hydrogens (tertiary/aromatic N) is 1. The van der Waals surface area contributed by atoms with Crippen molar-refractivity contribution >= 4 is 11.9 Å². The highest BCUT2D eigenvalue weighted by atomic mass is 16.5. The minimum absolute atomic E-state index is 0.0523. The Morgan fingerprint density at radius 1 is 1.36 bits per heavy atom. The average molecular weight is 344 g/mol. The van der Waals surface area contributed by atoms with E-state index in [0.717, 1.165) is 19.4 Å². The number of nitrogens with one attached hydrogen (secondary N) is 1. The lowest BCUT2D eigenvalue weighted by Crippen LogP contribution is -2.32. The first-order valence-corrected chi connectivity index (χ1v) is 8.30. The molecule has 7 heteroatoms. The topological polar surface area (TPSA) is 90.7 Å². The van der Waals surface area contributed by atoms with Gasteiger partial charge in [0.2, 0.25) is 0 Å². The van der Waals surface area contributed by atoms with Crippen molar-refractivity contribution in [2.45, 2.75) is 25.9 Å². The van der Waals surface area contributed by atoms with Gasteiger partial charge in [-0.3, -0.25) is 4.79 Å². The van der Waals surface area contributed by atoms with Crippen LogP contribution in [0.2, 0.25) is 0 Å². The second kappa shape index (κ2) is 7.94. The Hall–Kier alpha value is -2.67. The second-order valence-electron chi connectivity index (χ2n) is 5.64. The SMILES string of the molecule is CCOC(=O)c1ncoc1-c1ccccc1C(=O)NCC1CCCO1. The lowest BCUT2D eigenvalue weighted by atomic mass is 10.0. The van der Waals surface area contributed by atoms with Gasteiger partial charge >= 0.3 is 5.97 Å². The normalized spacial score (nSPS) is 16.6. The standard InChI is InChI=1S/C18H20N2O5/c1-2-23-18(22)15-16(25-11-20-15)13-7-3-4-8-14(13)17(21)19-10-12-6-5-9-24-12/h3-4,7-8,11-12H,2,5-6,9-10H2,1H3,(H,19,21). The van der Waals surface area contributed by atoms with E-state index in [-0.39, 0.29) is 30.1 Å². The molecular weight excluding hydrogens is 324 g/mol. The quantitative estimate of drug-likeness (QED) is 0.809. The summed E-state index contributed by atoms with van der Waals surface area (Å²) in [4.78, 5) is 28.5. The third-order valence-electron chi connectivity index (χ3n) is 3.97. The van der Waals surface area contributed by atoms with Crippen LogP contribution in [0.25, 0.3) is 11.3 Å². The average Bonchev–Trinajstić information content (AvgIpc) is 3.31. The van der Waals surface area contributed by atoms with E-state index in [2.05, 4.69) is 10.3 Å². The minimum Gasteiger partial charge on any atom is -0.461 e. The van der Waals surface area contributed by atoms with Gasteiger partial charge in [-0.05, 0) is 25.8 Å². The molecular formula is C18H20N2O5. The van der Waals surface area contributed by atoms with Gasteiger partial charge in [-0.15, -0.1) is 0 Å². The van der Waals surface area contributed by atoms with Crippen molar-refractivity contribution in [3.8, 4) is 11.3 Å². The zero-order valence-corrected chi connectivity index (χ0v) is 14.0. The zero-order chi connectivity index (χ0) is 17.6. The van der Waals surface area contributed by atoms with Crippen LogP contribution in [0.1, 0.15) is 40.6 Å². The van der Waals surface area contributed by atoms with Crippen molar-refractivity contribution in [3.05, 3.63) is 41.9 Å². The van der Waals surface area contributed by atoms with Crippen LogP contribution >= 0.6 is 0 Å². The predicted molar refractivity (Wildman–Crippen MR) is 89.2 cm³/mol. The van der Waals surface area contributed by atoms with Gasteiger partial charge < -0.3 is 19.2 Å². The molecule has 7 nitrogen and oxygen atoms in total. The fourth-order valence-corrected chi connectivity index (χ4v) is 2.77. The fourth-order valence-electron chi connectivity index (χ4n) is 2.77. The predicted octanol–water partition coefficient (Wildman–Crippen LogP) is 2.43. The van der Waals surface area contributed by atoms with Crippen LogP contribution in [-0.4, -0.2) is 42.7 Å². The number of ether oxygens (including phenoxy) is 2. The number of aromatic nitrogens is 1. The number of benzene rings is 1. The Labute approximate surface area is 145 Å². The van der Waals surface area contributed by atoms with Crippen molar-refractivity contribution in [1.82, 2.24) is 10.3 Å². The molecule has 0 aliphatic carbocycles.